The first-order chi connectivity index (χ1) is 15.7. The van der Waals surface area contributed by atoms with Crippen LogP contribution in [0.2, 0.25) is 0 Å². The zero-order valence-electron chi connectivity index (χ0n) is 18.4. The van der Waals surface area contributed by atoms with Crippen molar-refractivity contribution in [1.29, 1.82) is 0 Å². The Kier molecular flexibility index (Phi) is 8.08. The van der Waals surface area contributed by atoms with Gasteiger partial charge in [0.05, 0.1) is 31.5 Å². The van der Waals surface area contributed by atoms with E-state index in [1.807, 2.05) is 0 Å². The number of hydrogen-bond donors (Lipinski definition) is 3. The lowest BCUT2D eigenvalue weighted by atomic mass is 9.88. The second kappa shape index (κ2) is 10.6. The molecule has 0 aromatic rings. The van der Waals surface area contributed by atoms with Crippen molar-refractivity contribution in [3.63, 3.8) is 0 Å². The molecule has 9 atom stereocenters. The molecule has 33 heavy (non-hydrogen) atoms. The van der Waals surface area contributed by atoms with Crippen molar-refractivity contribution in [3.05, 3.63) is 24.0 Å². The maximum Gasteiger partial charge on any atom is 0.303 e. The third-order valence-corrected chi connectivity index (χ3v) is 5.56. The van der Waals surface area contributed by atoms with Crippen molar-refractivity contribution in [2.45, 2.75) is 63.9 Å². The first-order valence-electron chi connectivity index (χ1n) is 10.4. The highest BCUT2D eigenvalue weighted by atomic mass is 16.8. The number of ether oxygens (including phenoxy) is 6. The molecule has 0 spiro atoms. The van der Waals surface area contributed by atoms with Crippen LogP contribution in [0.4, 0.5) is 0 Å². The van der Waals surface area contributed by atoms with Gasteiger partial charge in [-0.15, -0.1) is 0 Å². The molecule has 0 aromatic carbocycles. The predicted molar refractivity (Wildman–Crippen MR) is 106 cm³/mol. The van der Waals surface area contributed by atoms with Crippen LogP contribution in [0.3, 0.4) is 0 Å². The van der Waals surface area contributed by atoms with Gasteiger partial charge >= 0.3 is 17.9 Å². The van der Waals surface area contributed by atoms with E-state index in [2.05, 4.69) is 0 Å². The number of esters is 3. The van der Waals surface area contributed by atoms with Gasteiger partial charge in [-0.25, -0.2) is 0 Å². The van der Waals surface area contributed by atoms with Crippen LogP contribution in [-0.4, -0.2) is 89.5 Å². The lowest BCUT2D eigenvalue weighted by Crippen LogP contribution is -2.63. The first-order valence-corrected chi connectivity index (χ1v) is 10.4. The van der Waals surface area contributed by atoms with E-state index in [0.717, 1.165) is 20.8 Å². The average Bonchev–Trinajstić information content (AvgIpc) is 3.08. The fraction of sp³-hybridized carbons (Fsp3) is 0.667. The highest BCUT2D eigenvalue weighted by Crippen LogP contribution is 2.41. The third kappa shape index (κ3) is 5.53. The standard InChI is InChI=1S/C21H28O12/c1-9(24)29-17-15(8-23)32-21(19(31-11(3)26)18(17)30-10(2)25)33-20-16-12(7-22)6-14(27)13(16)4-5-28-20/h4-6,13-23,27H,7-8H2,1-3H3/t13-,14+,15+,16+,17+,18-,19+,20-,21-/m0/s1. The fourth-order valence-corrected chi connectivity index (χ4v) is 4.31. The van der Waals surface area contributed by atoms with E-state index in [0.29, 0.717) is 5.57 Å². The maximum absolute atomic E-state index is 11.8. The van der Waals surface area contributed by atoms with Crippen molar-refractivity contribution in [2.24, 2.45) is 11.8 Å². The quantitative estimate of drug-likeness (QED) is 0.233. The summed E-state index contributed by atoms with van der Waals surface area (Å²) in [7, 11) is 0. The Hall–Kier alpha value is -2.51. The van der Waals surface area contributed by atoms with Gasteiger partial charge in [0.2, 0.25) is 12.6 Å². The van der Waals surface area contributed by atoms with Crippen LogP contribution in [0.15, 0.2) is 24.0 Å². The molecule has 0 aromatic heterocycles. The highest BCUT2D eigenvalue weighted by molar-refractivity contribution is 5.68. The molecular weight excluding hydrogens is 444 g/mol. The number of rotatable bonds is 7. The number of fused-ring (bicyclic) bond motifs is 1. The molecule has 3 N–H and O–H groups in total. The Morgan fingerprint density at radius 3 is 2.12 bits per heavy atom. The Labute approximate surface area is 189 Å². The molecular formula is C21H28O12. The predicted octanol–water partition coefficient (Wildman–Crippen LogP) is -1.09. The van der Waals surface area contributed by atoms with E-state index >= 15 is 0 Å². The summed E-state index contributed by atoms with van der Waals surface area (Å²) in [5, 5.41) is 29.8. The molecule has 1 fully saturated rings. The minimum atomic E-state index is -1.42. The molecule has 3 rings (SSSR count). The second-order valence-corrected chi connectivity index (χ2v) is 7.91. The van der Waals surface area contributed by atoms with Gasteiger partial charge < -0.3 is 43.7 Å². The van der Waals surface area contributed by atoms with E-state index in [-0.39, 0.29) is 6.61 Å². The number of carbonyl (C=O) groups is 3. The van der Waals surface area contributed by atoms with Crippen molar-refractivity contribution in [2.75, 3.05) is 13.2 Å². The van der Waals surface area contributed by atoms with Crippen molar-refractivity contribution in [1.82, 2.24) is 0 Å². The van der Waals surface area contributed by atoms with E-state index in [4.69, 9.17) is 28.4 Å². The molecule has 184 valence electrons. The van der Waals surface area contributed by atoms with E-state index < -0.39 is 79.5 Å². The second-order valence-electron chi connectivity index (χ2n) is 7.91. The van der Waals surface area contributed by atoms with Crippen LogP contribution in [0, 0.1) is 11.8 Å². The minimum absolute atomic E-state index is 0.349. The van der Waals surface area contributed by atoms with E-state index in [9.17, 15) is 29.7 Å². The normalized spacial score (nSPS) is 37.4. The number of hydrogen-bond acceptors (Lipinski definition) is 12. The number of aliphatic hydroxyl groups is 3. The van der Waals surface area contributed by atoms with E-state index in [1.165, 1.54) is 12.3 Å². The van der Waals surface area contributed by atoms with Gasteiger partial charge in [-0.05, 0) is 11.6 Å². The summed E-state index contributed by atoms with van der Waals surface area (Å²) in [5.41, 5.74) is 0.481. The van der Waals surface area contributed by atoms with Gasteiger partial charge in [0, 0.05) is 26.7 Å². The third-order valence-electron chi connectivity index (χ3n) is 5.56. The number of carbonyl (C=O) groups excluding carboxylic acids is 3. The lowest BCUT2D eigenvalue weighted by molar-refractivity contribution is -0.342. The monoisotopic (exact) mass is 472 g/mol. The van der Waals surface area contributed by atoms with Crippen LogP contribution in [0.1, 0.15) is 20.8 Å². The Balaban J connectivity index is 1.92. The van der Waals surface area contributed by atoms with Gasteiger partial charge in [-0.1, -0.05) is 6.08 Å². The lowest BCUT2D eigenvalue weighted by Gasteiger charge is -2.45. The van der Waals surface area contributed by atoms with Crippen LogP contribution in [0.25, 0.3) is 0 Å². The van der Waals surface area contributed by atoms with E-state index in [1.54, 1.807) is 6.08 Å². The Bertz CT molecular complexity index is 807. The summed E-state index contributed by atoms with van der Waals surface area (Å²) in [6.45, 7) is 2.38. The van der Waals surface area contributed by atoms with Crippen LogP contribution >= 0.6 is 0 Å². The van der Waals surface area contributed by atoms with Crippen LogP contribution in [0.5, 0.6) is 0 Å². The largest absolute Gasteiger partial charge is 0.472 e. The molecule has 1 aliphatic carbocycles. The summed E-state index contributed by atoms with van der Waals surface area (Å²) in [6.07, 6.45) is -4.12. The summed E-state index contributed by atoms with van der Waals surface area (Å²) in [5.74, 6) is -3.27. The Morgan fingerprint density at radius 2 is 1.55 bits per heavy atom. The SMILES string of the molecule is CC(=O)O[C@@H]1[C@@H](OC(C)=O)[C@H](O[C@@H]2OC=C[C@@H]3[C@H]2C(CO)=C[C@H]3O)O[C@H](CO)[C@H]1OC(C)=O. The van der Waals surface area contributed by atoms with Gasteiger partial charge in [0.15, 0.2) is 18.3 Å². The zero-order valence-corrected chi connectivity index (χ0v) is 18.4. The van der Waals surface area contributed by atoms with Gasteiger partial charge in [0.25, 0.3) is 0 Å². The highest BCUT2D eigenvalue weighted by Gasteiger charge is 2.54. The van der Waals surface area contributed by atoms with Crippen molar-refractivity contribution >= 4 is 17.9 Å². The molecule has 0 unspecified atom stereocenters. The fourth-order valence-electron chi connectivity index (χ4n) is 4.31. The van der Waals surface area contributed by atoms with Crippen molar-refractivity contribution < 1.29 is 58.1 Å². The summed E-state index contributed by atoms with van der Waals surface area (Å²) in [4.78, 5) is 35.3. The molecule has 12 nitrogen and oxygen atoms in total. The molecule has 0 bridgehead atoms. The minimum Gasteiger partial charge on any atom is -0.472 e. The molecule has 3 aliphatic rings. The Morgan fingerprint density at radius 1 is 0.939 bits per heavy atom. The maximum atomic E-state index is 11.8. The van der Waals surface area contributed by atoms with Crippen molar-refractivity contribution in [3.8, 4) is 0 Å². The smallest absolute Gasteiger partial charge is 0.303 e. The molecule has 2 aliphatic heterocycles. The average molecular weight is 472 g/mol. The molecule has 12 heteroatoms. The van der Waals surface area contributed by atoms with Crippen LogP contribution in [-0.2, 0) is 42.8 Å². The topological polar surface area (TPSA) is 167 Å². The first kappa shape index (κ1) is 25.1. The van der Waals surface area contributed by atoms with Crippen LogP contribution < -0.4 is 0 Å². The zero-order chi connectivity index (χ0) is 24.3. The number of aliphatic hydroxyl groups excluding tert-OH is 3. The summed E-state index contributed by atoms with van der Waals surface area (Å²) >= 11 is 0. The molecule has 1 saturated heterocycles. The molecule has 0 radical (unpaired) electrons. The summed E-state index contributed by atoms with van der Waals surface area (Å²) in [6, 6.07) is 0. The summed E-state index contributed by atoms with van der Waals surface area (Å²) < 4.78 is 33.1. The molecule has 0 amide bonds. The van der Waals surface area contributed by atoms with Gasteiger partial charge in [0.1, 0.15) is 6.10 Å². The van der Waals surface area contributed by atoms with Gasteiger partial charge in [-0.3, -0.25) is 14.4 Å². The molecule has 2 heterocycles. The van der Waals surface area contributed by atoms with Gasteiger partial charge in [-0.2, -0.15) is 0 Å². The molecule has 0 saturated carbocycles.